The highest BCUT2D eigenvalue weighted by molar-refractivity contribution is 5.87. The Labute approximate surface area is 130 Å². The summed E-state index contributed by atoms with van der Waals surface area (Å²) in [5.41, 5.74) is 1.03. The van der Waals surface area contributed by atoms with E-state index >= 15 is 0 Å². The summed E-state index contributed by atoms with van der Waals surface area (Å²) in [7, 11) is 1.59. The summed E-state index contributed by atoms with van der Waals surface area (Å²) in [6.07, 6.45) is 3.18. The van der Waals surface area contributed by atoms with Crippen LogP contribution in [0.1, 0.15) is 42.9 Å². The second-order valence-corrected chi connectivity index (χ2v) is 5.81. The fraction of sp³-hybridized carbons (Fsp3) is 0.412. The van der Waals surface area contributed by atoms with Gasteiger partial charge in [-0.25, -0.2) is 9.78 Å². The van der Waals surface area contributed by atoms with Gasteiger partial charge in [0.15, 0.2) is 0 Å². The molecule has 0 amide bonds. The number of methoxy groups -OCH3 is 1. The zero-order chi connectivity index (χ0) is 16.2. The van der Waals surface area contributed by atoms with E-state index < -0.39 is 11.6 Å². The first-order valence-electron chi connectivity index (χ1n) is 7.23. The van der Waals surface area contributed by atoms with E-state index in [9.17, 15) is 4.79 Å². The Bertz CT molecular complexity index is 620. The van der Waals surface area contributed by atoms with Gasteiger partial charge in [-0.1, -0.05) is 30.3 Å². The van der Waals surface area contributed by atoms with Crippen LogP contribution in [0.25, 0.3) is 0 Å². The van der Waals surface area contributed by atoms with Crippen molar-refractivity contribution in [2.45, 2.75) is 32.4 Å². The smallest absolute Gasteiger partial charge is 0.356 e. The highest BCUT2D eigenvalue weighted by Crippen LogP contribution is 2.20. The number of ether oxygens (including phenoxy) is 2. The monoisotopic (exact) mass is 302 g/mol. The minimum Gasteiger partial charge on any atom is -0.458 e. The first-order chi connectivity index (χ1) is 10.4. The molecule has 1 atom stereocenters. The second kappa shape index (κ2) is 6.75. The summed E-state index contributed by atoms with van der Waals surface area (Å²) in [5, 5.41) is 0. The van der Waals surface area contributed by atoms with Gasteiger partial charge in [0.2, 0.25) is 0 Å². The SMILES string of the molecule is COC(C)(C)COC(=O)c1cncn1[C@H](C)c1ccccc1. The molecule has 0 saturated carbocycles. The predicted molar refractivity (Wildman–Crippen MR) is 83.9 cm³/mol. The molecular formula is C17H22N2O3. The van der Waals surface area contributed by atoms with Crippen molar-refractivity contribution in [3.05, 3.63) is 54.1 Å². The molecule has 0 N–H and O–H groups in total. The molecule has 0 bridgehead atoms. The van der Waals surface area contributed by atoms with Gasteiger partial charge in [-0.3, -0.25) is 0 Å². The van der Waals surface area contributed by atoms with Gasteiger partial charge in [-0.05, 0) is 26.3 Å². The van der Waals surface area contributed by atoms with E-state index in [0.717, 1.165) is 5.56 Å². The molecule has 2 aromatic rings. The maximum atomic E-state index is 12.3. The average molecular weight is 302 g/mol. The van der Waals surface area contributed by atoms with Crippen LogP contribution in [0.3, 0.4) is 0 Å². The molecule has 0 unspecified atom stereocenters. The minimum atomic E-state index is -0.508. The van der Waals surface area contributed by atoms with Gasteiger partial charge >= 0.3 is 5.97 Å². The fourth-order valence-corrected chi connectivity index (χ4v) is 2.04. The van der Waals surface area contributed by atoms with Crippen LogP contribution >= 0.6 is 0 Å². The molecule has 0 aliphatic rings. The quantitative estimate of drug-likeness (QED) is 0.770. The van der Waals surface area contributed by atoms with Crippen molar-refractivity contribution in [1.82, 2.24) is 9.55 Å². The third-order valence-electron chi connectivity index (χ3n) is 3.68. The molecule has 0 aliphatic heterocycles. The number of hydrogen-bond donors (Lipinski definition) is 0. The summed E-state index contributed by atoms with van der Waals surface area (Å²) < 4.78 is 12.4. The Morgan fingerprint density at radius 3 is 2.64 bits per heavy atom. The van der Waals surface area contributed by atoms with Gasteiger partial charge < -0.3 is 14.0 Å². The number of nitrogens with zero attached hydrogens (tertiary/aromatic N) is 2. The summed E-state index contributed by atoms with van der Waals surface area (Å²) in [4.78, 5) is 16.4. The number of aromatic nitrogens is 2. The zero-order valence-electron chi connectivity index (χ0n) is 13.4. The number of imidazole rings is 1. The van der Waals surface area contributed by atoms with E-state index in [1.807, 2.05) is 55.7 Å². The van der Waals surface area contributed by atoms with Crippen LogP contribution in [0.15, 0.2) is 42.9 Å². The van der Waals surface area contributed by atoms with Crippen molar-refractivity contribution < 1.29 is 14.3 Å². The standard InChI is InChI=1S/C17H22N2O3/c1-13(14-8-6-5-7-9-14)19-12-18-10-15(19)16(20)22-11-17(2,3)21-4/h5-10,12-13H,11H2,1-4H3/t13-/m1/s1. The maximum absolute atomic E-state index is 12.3. The van der Waals surface area contributed by atoms with Crippen molar-refractivity contribution >= 4 is 5.97 Å². The topological polar surface area (TPSA) is 53.4 Å². The van der Waals surface area contributed by atoms with Gasteiger partial charge in [0.05, 0.1) is 24.2 Å². The second-order valence-electron chi connectivity index (χ2n) is 5.81. The fourth-order valence-electron chi connectivity index (χ4n) is 2.04. The van der Waals surface area contributed by atoms with Crippen LogP contribution in [0.5, 0.6) is 0 Å². The van der Waals surface area contributed by atoms with E-state index in [1.165, 1.54) is 6.20 Å². The molecule has 2 rings (SSSR count). The number of hydrogen-bond acceptors (Lipinski definition) is 4. The van der Waals surface area contributed by atoms with E-state index in [2.05, 4.69) is 4.98 Å². The average Bonchev–Trinajstić information content (AvgIpc) is 3.02. The van der Waals surface area contributed by atoms with Crippen molar-refractivity contribution in [2.75, 3.05) is 13.7 Å². The maximum Gasteiger partial charge on any atom is 0.356 e. The Hall–Kier alpha value is -2.14. The largest absolute Gasteiger partial charge is 0.458 e. The third kappa shape index (κ3) is 3.74. The molecule has 0 radical (unpaired) electrons. The molecule has 0 spiro atoms. The Balaban J connectivity index is 2.14. The van der Waals surface area contributed by atoms with Gasteiger partial charge in [-0.15, -0.1) is 0 Å². The highest BCUT2D eigenvalue weighted by atomic mass is 16.6. The molecule has 0 fully saturated rings. The van der Waals surface area contributed by atoms with Crippen LogP contribution < -0.4 is 0 Å². The predicted octanol–water partition coefficient (Wildman–Crippen LogP) is 3.07. The number of carbonyl (C=O) groups excluding carboxylic acids is 1. The molecule has 118 valence electrons. The van der Waals surface area contributed by atoms with Gasteiger partial charge in [-0.2, -0.15) is 0 Å². The van der Waals surface area contributed by atoms with Crippen LogP contribution in [0, 0.1) is 0 Å². The number of carbonyl (C=O) groups is 1. The number of benzene rings is 1. The molecule has 0 aliphatic carbocycles. The molecule has 0 saturated heterocycles. The van der Waals surface area contributed by atoms with Crippen molar-refractivity contribution in [2.24, 2.45) is 0 Å². The Morgan fingerprint density at radius 2 is 2.00 bits per heavy atom. The van der Waals surface area contributed by atoms with Crippen molar-refractivity contribution in [3.63, 3.8) is 0 Å². The minimum absolute atomic E-state index is 0.00156. The molecular weight excluding hydrogens is 280 g/mol. The Morgan fingerprint density at radius 1 is 1.32 bits per heavy atom. The molecule has 1 aromatic heterocycles. The molecule has 5 nitrogen and oxygen atoms in total. The van der Waals surface area contributed by atoms with E-state index in [4.69, 9.17) is 9.47 Å². The van der Waals surface area contributed by atoms with Gasteiger partial charge in [0.25, 0.3) is 0 Å². The molecule has 5 heteroatoms. The number of esters is 1. The lowest BCUT2D eigenvalue weighted by atomic mass is 10.1. The summed E-state index contributed by atoms with van der Waals surface area (Å²) in [6.45, 7) is 5.94. The molecule has 22 heavy (non-hydrogen) atoms. The van der Waals surface area contributed by atoms with Crippen LogP contribution in [0.2, 0.25) is 0 Å². The van der Waals surface area contributed by atoms with E-state index in [0.29, 0.717) is 5.69 Å². The van der Waals surface area contributed by atoms with Crippen LogP contribution in [0.4, 0.5) is 0 Å². The first-order valence-corrected chi connectivity index (χ1v) is 7.23. The molecule has 1 heterocycles. The normalized spacial score (nSPS) is 12.9. The first kappa shape index (κ1) is 16.2. The van der Waals surface area contributed by atoms with Gasteiger partial charge in [0.1, 0.15) is 12.3 Å². The third-order valence-corrected chi connectivity index (χ3v) is 3.68. The van der Waals surface area contributed by atoms with Crippen LogP contribution in [-0.4, -0.2) is 34.8 Å². The lowest BCUT2D eigenvalue weighted by Crippen LogP contribution is -2.31. The lowest BCUT2D eigenvalue weighted by molar-refractivity contribution is -0.0376. The van der Waals surface area contributed by atoms with E-state index in [1.54, 1.807) is 13.4 Å². The number of rotatable bonds is 6. The van der Waals surface area contributed by atoms with Crippen molar-refractivity contribution in [3.8, 4) is 0 Å². The zero-order valence-corrected chi connectivity index (χ0v) is 13.4. The van der Waals surface area contributed by atoms with E-state index in [-0.39, 0.29) is 12.6 Å². The molecule has 1 aromatic carbocycles. The summed E-state index contributed by atoms with van der Waals surface area (Å²) >= 11 is 0. The summed E-state index contributed by atoms with van der Waals surface area (Å²) in [6, 6.07) is 9.96. The van der Waals surface area contributed by atoms with Gasteiger partial charge in [0, 0.05) is 7.11 Å². The highest BCUT2D eigenvalue weighted by Gasteiger charge is 2.23. The van der Waals surface area contributed by atoms with Crippen LogP contribution in [-0.2, 0) is 9.47 Å². The Kier molecular flexibility index (Phi) is 4.98. The van der Waals surface area contributed by atoms with Crippen molar-refractivity contribution in [1.29, 1.82) is 0 Å². The summed E-state index contributed by atoms with van der Waals surface area (Å²) in [5.74, 6) is -0.398. The lowest BCUT2D eigenvalue weighted by Gasteiger charge is -2.22.